The number of hydrogen-bond acceptors (Lipinski definition) is 1. The van der Waals surface area contributed by atoms with Crippen molar-refractivity contribution in [2.75, 3.05) is 0 Å². The number of hydrogen-bond donors (Lipinski definition) is 0. The van der Waals surface area contributed by atoms with Gasteiger partial charge in [-0.05, 0) is 90.8 Å². The Bertz CT molecular complexity index is 1970. The van der Waals surface area contributed by atoms with E-state index in [1.165, 1.54) is 54.2 Å². The first kappa shape index (κ1) is 18.8. The van der Waals surface area contributed by atoms with Crippen LogP contribution in [0.25, 0.3) is 65.3 Å². The van der Waals surface area contributed by atoms with Crippen molar-refractivity contribution >= 4 is 43.1 Å². The predicted molar refractivity (Wildman–Crippen MR) is 147 cm³/mol. The molecule has 1 heteroatoms. The molecule has 7 aromatic carbocycles. The topological polar surface area (TPSA) is 9.23 Å². The van der Waals surface area contributed by atoms with Crippen LogP contribution in [-0.2, 0) is 0 Å². The van der Waals surface area contributed by atoms with Crippen molar-refractivity contribution in [1.82, 2.24) is 0 Å². The summed E-state index contributed by atoms with van der Waals surface area (Å²) in [4.78, 5) is 0. The standard InChI is InChI=1S/C34H20O/c1-2-8-28-21(5-1)11-14-26-18-27-17-23(12-13-24(27)19-31(26)28)25-15-16-29-30-9-3-6-22-7-4-10-32(34(22)30)35-33(29)20-25/h1-20H. The van der Waals surface area contributed by atoms with Gasteiger partial charge in [-0.1, -0.05) is 84.9 Å². The summed E-state index contributed by atoms with van der Waals surface area (Å²) >= 11 is 0. The Balaban J connectivity index is 1.28. The van der Waals surface area contributed by atoms with Gasteiger partial charge in [-0.15, -0.1) is 0 Å². The van der Waals surface area contributed by atoms with E-state index in [2.05, 4.69) is 121 Å². The van der Waals surface area contributed by atoms with E-state index in [1.807, 2.05) is 0 Å². The lowest BCUT2D eigenvalue weighted by molar-refractivity contribution is 0.487. The molecule has 0 bridgehead atoms. The molecule has 35 heavy (non-hydrogen) atoms. The minimum atomic E-state index is 0.916. The molecule has 1 aliphatic rings. The summed E-state index contributed by atoms with van der Waals surface area (Å²) in [6.45, 7) is 0. The van der Waals surface area contributed by atoms with Crippen LogP contribution in [0.1, 0.15) is 0 Å². The van der Waals surface area contributed by atoms with Crippen LogP contribution >= 0.6 is 0 Å². The van der Waals surface area contributed by atoms with Crippen LogP contribution in [0.2, 0.25) is 0 Å². The molecule has 1 heterocycles. The molecule has 1 aliphatic heterocycles. The molecule has 0 aliphatic carbocycles. The van der Waals surface area contributed by atoms with E-state index in [-0.39, 0.29) is 0 Å². The molecule has 0 saturated heterocycles. The molecule has 0 atom stereocenters. The zero-order valence-electron chi connectivity index (χ0n) is 19.0. The van der Waals surface area contributed by atoms with Gasteiger partial charge < -0.3 is 4.74 Å². The lowest BCUT2D eigenvalue weighted by Gasteiger charge is -2.22. The van der Waals surface area contributed by atoms with E-state index in [4.69, 9.17) is 4.74 Å². The maximum atomic E-state index is 6.40. The number of fused-ring (bicyclic) bond motifs is 6. The number of benzene rings is 7. The molecule has 0 N–H and O–H groups in total. The van der Waals surface area contributed by atoms with Crippen molar-refractivity contribution in [3.8, 4) is 33.8 Å². The second-order valence-electron chi connectivity index (χ2n) is 9.39. The van der Waals surface area contributed by atoms with Crippen LogP contribution in [0.3, 0.4) is 0 Å². The van der Waals surface area contributed by atoms with Gasteiger partial charge >= 0.3 is 0 Å². The minimum Gasteiger partial charge on any atom is -0.456 e. The van der Waals surface area contributed by atoms with Gasteiger partial charge in [-0.25, -0.2) is 0 Å². The van der Waals surface area contributed by atoms with Crippen molar-refractivity contribution in [1.29, 1.82) is 0 Å². The molecular formula is C34H20O. The Labute approximate surface area is 202 Å². The van der Waals surface area contributed by atoms with E-state index >= 15 is 0 Å². The van der Waals surface area contributed by atoms with E-state index in [0.29, 0.717) is 0 Å². The summed E-state index contributed by atoms with van der Waals surface area (Å²) < 4.78 is 6.40. The highest BCUT2D eigenvalue weighted by Gasteiger charge is 2.20. The van der Waals surface area contributed by atoms with Gasteiger partial charge in [0.2, 0.25) is 0 Å². The van der Waals surface area contributed by atoms with E-state index < -0.39 is 0 Å². The average Bonchev–Trinajstić information content (AvgIpc) is 2.91. The number of rotatable bonds is 1. The van der Waals surface area contributed by atoms with E-state index in [9.17, 15) is 0 Å². The van der Waals surface area contributed by atoms with Crippen molar-refractivity contribution in [2.45, 2.75) is 0 Å². The minimum absolute atomic E-state index is 0.916. The third-order valence-electron chi connectivity index (χ3n) is 7.39. The molecule has 162 valence electrons. The van der Waals surface area contributed by atoms with Gasteiger partial charge in [0.1, 0.15) is 11.5 Å². The zero-order chi connectivity index (χ0) is 22.9. The van der Waals surface area contributed by atoms with Gasteiger partial charge in [0.15, 0.2) is 0 Å². The Hall–Kier alpha value is -4.62. The maximum absolute atomic E-state index is 6.40. The highest BCUT2D eigenvalue weighted by molar-refractivity contribution is 6.12. The fourth-order valence-electron chi connectivity index (χ4n) is 5.68. The highest BCUT2D eigenvalue weighted by atomic mass is 16.5. The largest absolute Gasteiger partial charge is 0.456 e. The summed E-state index contributed by atoms with van der Waals surface area (Å²) in [6, 6.07) is 43.8. The van der Waals surface area contributed by atoms with Gasteiger partial charge in [0.25, 0.3) is 0 Å². The Kier molecular flexibility index (Phi) is 3.72. The fraction of sp³-hybridized carbons (Fsp3) is 0. The van der Waals surface area contributed by atoms with Crippen LogP contribution in [0.4, 0.5) is 0 Å². The zero-order valence-corrected chi connectivity index (χ0v) is 19.0. The maximum Gasteiger partial charge on any atom is 0.135 e. The van der Waals surface area contributed by atoms with Crippen molar-refractivity contribution in [3.63, 3.8) is 0 Å². The Morgan fingerprint density at radius 1 is 0.371 bits per heavy atom. The molecule has 1 nitrogen and oxygen atoms in total. The molecule has 0 unspecified atom stereocenters. The third-order valence-corrected chi connectivity index (χ3v) is 7.39. The van der Waals surface area contributed by atoms with Crippen molar-refractivity contribution in [3.05, 3.63) is 121 Å². The smallest absolute Gasteiger partial charge is 0.135 e. The second kappa shape index (κ2) is 6.94. The van der Waals surface area contributed by atoms with E-state index in [0.717, 1.165) is 22.6 Å². The molecule has 0 amide bonds. The van der Waals surface area contributed by atoms with Gasteiger partial charge in [-0.3, -0.25) is 0 Å². The molecule has 0 saturated carbocycles. The summed E-state index contributed by atoms with van der Waals surface area (Å²) in [5.41, 5.74) is 4.75. The first-order chi connectivity index (χ1) is 17.3. The summed E-state index contributed by atoms with van der Waals surface area (Å²) in [5.74, 6) is 1.85. The Morgan fingerprint density at radius 3 is 2.11 bits per heavy atom. The van der Waals surface area contributed by atoms with Crippen LogP contribution < -0.4 is 4.74 Å². The normalized spacial score (nSPS) is 12.2. The highest BCUT2D eigenvalue weighted by Crippen LogP contribution is 2.47. The van der Waals surface area contributed by atoms with Crippen LogP contribution in [0.5, 0.6) is 11.5 Å². The van der Waals surface area contributed by atoms with Crippen molar-refractivity contribution in [2.24, 2.45) is 0 Å². The van der Waals surface area contributed by atoms with Gasteiger partial charge in [0.05, 0.1) is 0 Å². The number of ether oxygens (including phenoxy) is 1. The third kappa shape index (κ3) is 2.76. The summed E-state index contributed by atoms with van der Waals surface area (Å²) in [7, 11) is 0. The predicted octanol–water partition coefficient (Wildman–Crippen LogP) is 9.74. The molecular weight excluding hydrogens is 424 g/mol. The van der Waals surface area contributed by atoms with Crippen LogP contribution in [-0.4, -0.2) is 0 Å². The lowest BCUT2D eigenvalue weighted by atomic mass is 9.92. The van der Waals surface area contributed by atoms with E-state index in [1.54, 1.807) is 0 Å². The molecule has 0 aromatic heterocycles. The van der Waals surface area contributed by atoms with Crippen LogP contribution in [0, 0.1) is 0 Å². The SMILES string of the molecule is c1cc2c3c(cccc3c1)-c1ccc(-c3ccc4cc5c(ccc6ccccc65)cc4c3)cc1O2. The van der Waals surface area contributed by atoms with Gasteiger partial charge in [0, 0.05) is 10.9 Å². The monoisotopic (exact) mass is 444 g/mol. The fourth-order valence-corrected chi connectivity index (χ4v) is 5.68. The second-order valence-corrected chi connectivity index (χ2v) is 9.39. The quantitative estimate of drug-likeness (QED) is 0.181. The van der Waals surface area contributed by atoms with Crippen LogP contribution in [0.15, 0.2) is 121 Å². The molecule has 0 radical (unpaired) electrons. The summed E-state index contributed by atoms with van der Waals surface area (Å²) in [6.07, 6.45) is 0. The average molecular weight is 445 g/mol. The molecule has 0 spiro atoms. The first-order valence-electron chi connectivity index (χ1n) is 12.0. The lowest BCUT2D eigenvalue weighted by Crippen LogP contribution is -1.97. The van der Waals surface area contributed by atoms with Gasteiger partial charge in [-0.2, -0.15) is 0 Å². The molecule has 0 fully saturated rings. The van der Waals surface area contributed by atoms with Crippen molar-refractivity contribution < 1.29 is 4.74 Å². The first-order valence-corrected chi connectivity index (χ1v) is 12.0. The summed E-state index contributed by atoms with van der Waals surface area (Å²) in [5, 5.41) is 10.1. The molecule has 7 aromatic rings. The molecule has 8 rings (SSSR count). The Morgan fingerprint density at radius 2 is 1.14 bits per heavy atom.